The van der Waals surface area contributed by atoms with Gasteiger partial charge in [-0.25, -0.2) is 4.39 Å². The van der Waals surface area contributed by atoms with Gasteiger partial charge in [0.1, 0.15) is 17.6 Å². The quantitative estimate of drug-likeness (QED) is 0.209. The summed E-state index contributed by atoms with van der Waals surface area (Å²) in [5.41, 5.74) is 6.88. The lowest BCUT2D eigenvalue weighted by Crippen LogP contribution is -2.63. The zero-order chi connectivity index (χ0) is 39.7. The number of hydrogen-bond donors (Lipinski definition) is 2. The average Bonchev–Trinajstić information content (AvgIpc) is 3.48. The second-order valence-electron chi connectivity index (χ2n) is 17.2. The molecule has 1 aliphatic carbocycles. The lowest BCUT2D eigenvalue weighted by atomic mass is 9.69. The molecule has 4 amide bonds. The van der Waals surface area contributed by atoms with Crippen molar-refractivity contribution >= 4 is 35.0 Å². The van der Waals surface area contributed by atoms with Gasteiger partial charge in [-0.15, -0.1) is 0 Å². The van der Waals surface area contributed by atoms with Crippen LogP contribution in [0.1, 0.15) is 99.8 Å². The van der Waals surface area contributed by atoms with Gasteiger partial charge in [0.2, 0.25) is 11.8 Å². The molecule has 6 heterocycles. The van der Waals surface area contributed by atoms with Crippen LogP contribution in [-0.4, -0.2) is 89.4 Å². The highest BCUT2D eigenvalue weighted by Gasteiger charge is 2.47. The van der Waals surface area contributed by atoms with E-state index in [1.807, 2.05) is 12.1 Å². The van der Waals surface area contributed by atoms with E-state index in [1.54, 1.807) is 0 Å². The lowest BCUT2D eigenvalue weighted by Gasteiger charge is -2.53. The number of fused-ring (bicyclic) bond motifs is 5. The van der Waals surface area contributed by atoms with Crippen LogP contribution in [0.2, 0.25) is 0 Å². The first kappa shape index (κ1) is 36.8. The van der Waals surface area contributed by atoms with Gasteiger partial charge < -0.3 is 14.9 Å². The van der Waals surface area contributed by atoms with Gasteiger partial charge in [-0.1, -0.05) is 48.5 Å². The van der Waals surface area contributed by atoms with E-state index >= 15 is 4.39 Å². The number of halogens is 1. The Morgan fingerprint density at radius 3 is 2.19 bits per heavy atom. The summed E-state index contributed by atoms with van der Waals surface area (Å²) in [5, 5.41) is 12.5. The van der Waals surface area contributed by atoms with Gasteiger partial charge in [0.05, 0.1) is 16.8 Å². The van der Waals surface area contributed by atoms with Crippen molar-refractivity contribution in [2.45, 2.75) is 81.3 Å². The van der Waals surface area contributed by atoms with Crippen LogP contribution in [0.25, 0.3) is 0 Å². The molecule has 4 aromatic rings. The maximum Gasteiger partial charge on any atom is 0.262 e. The number of aryl methyl sites for hydroxylation is 1. The van der Waals surface area contributed by atoms with E-state index in [-0.39, 0.29) is 42.0 Å². The Kier molecular flexibility index (Phi) is 9.31. The van der Waals surface area contributed by atoms with E-state index in [0.717, 1.165) is 75.7 Å². The van der Waals surface area contributed by atoms with Crippen molar-refractivity contribution in [2.24, 2.45) is 5.92 Å². The fourth-order valence-electron chi connectivity index (χ4n) is 11.0. The normalized spacial score (nSPS) is 26.2. The molecule has 10 nitrogen and oxygen atoms in total. The standard InChI is InChI=1S/C47H48FN5O5/c48-40-23-38-39(47(58)53(46(38)57)41-16-17-43(55)49-45(41)56)24-42(40)52-27-33-11-12-34(52)26-51(33)25-28-18-20-50(21-19-28)32-9-6-30(7-10-32)44-36(29-4-2-1-3-5-29)14-8-31-22-35(54)13-15-37(31)44/h1-7,9-10,13,15,22-24,28,33-34,36,41,44,54H,8,11-12,14,16-21,25-27H2,(H,49,55,56)/t33?,34?,36-,41?,44+/m1/s1. The van der Waals surface area contributed by atoms with Crippen molar-refractivity contribution in [3.8, 4) is 5.75 Å². The van der Waals surface area contributed by atoms with Gasteiger partial charge in [0, 0.05) is 62.8 Å². The molecule has 0 radical (unpaired) electrons. The Hall–Kier alpha value is -5.55. The van der Waals surface area contributed by atoms with E-state index < -0.39 is 35.5 Å². The Morgan fingerprint density at radius 2 is 1.47 bits per heavy atom. The third kappa shape index (κ3) is 6.44. The number of imide groups is 2. The lowest BCUT2D eigenvalue weighted by molar-refractivity contribution is -0.136. The number of amides is 4. The molecule has 0 spiro atoms. The van der Waals surface area contributed by atoms with E-state index in [2.05, 4.69) is 80.7 Å². The summed E-state index contributed by atoms with van der Waals surface area (Å²) in [5.74, 6) is -1.46. The van der Waals surface area contributed by atoms with Crippen molar-refractivity contribution in [1.29, 1.82) is 0 Å². The van der Waals surface area contributed by atoms with E-state index in [0.29, 0.717) is 29.8 Å². The van der Waals surface area contributed by atoms with E-state index in [1.165, 1.54) is 34.0 Å². The predicted octanol–water partition coefficient (Wildman–Crippen LogP) is 6.36. The fourth-order valence-corrected chi connectivity index (χ4v) is 11.0. The molecule has 6 aliphatic heterocycles. The summed E-state index contributed by atoms with van der Waals surface area (Å²) in [6.45, 7) is 4.49. The summed E-state index contributed by atoms with van der Waals surface area (Å²) in [7, 11) is 0. The third-order valence-corrected chi connectivity index (χ3v) is 14.0. The summed E-state index contributed by atoms with van der Waals surface area (Å²) in [6, 6.07) is 27.9. The average molecular weight is 782 g/mol. The van der Waals surface area contributed by atoms with Crippen LogP contribution in [0, 0.1) is 11.7 Å². The number of phenolic OH excluding ortho intramolecular Hbond substituents is 1. The zero-order valence-corrected chi connectivity index (χ0v) is 32.5. The molecular weight excluding hydrogens is 734 g/mol. The number of hydrogen-bond acceptors (Lipinski definition) is 8. The fraction of sp³-hybridized carbons (Fsp3) is 0.404. The number of rotatable bonds is 7. The third-order valence-electron chi connectivity index (χ3n) is 14.0. The predicted molar refractivity (Wildman–Crippen MR) is 218 cm³/mol. The molecular formula is C47H48FN5O5. The van der Waals surface area contributed by atoms with Crippen LogP contribution in [0.3, 0.4) is 0 Å². The van der Waals surface area contributed by atoms with Gasteiger partial charge in [-0.3, -0.25) is 34.3 Å². The van der Waals surface area contributed by atoms with Crippen LogP contribution in [0.5, 0.6) is 5.75 Å². The highest BCUT2D eigenvalue weighted by molar-refractivity contribution is 6.23. The van der Waals surface area contributed by atoms with Crippen LogP contribution in [0.4, 0.5) is 15.8 Å². The minimum atomic E-state index is -1.08. The molecule has 5 fully saturated rings. The minimum Gasteiger partial charge on any atom is -0.508 e. The number of aromatic hydroxyl groups is 1. The first-order valence-electron chi connectivity index (χ1n) is 21.0. The van der Waals surface area contributed by atoms with E-state index in [9.17, 15) is 24.3 Å². The zero-order valence-electron chi connectivity index (χ0n) is 32.5. The number of carbonyl (C=O) groups excluding carboxylic acids is 4. The number of nitrogens with one attached hydrogen (secondary N) is 1. The first-order valence-corrected chi connectivity index (χ1v) is 21.0. The number of carbonyl (C=O) groups is 4. The molecule has 11 heteroatoms. The maximum absolute atomic E-state index is 15.8. The highest BCUT2D eigenvalue weighted by atomic mass is 19.1. The largest absolute Gasteiger partial charge is 0.508 e. The van der Waals surface area contributed by atoms with Crippen molar-refractivity contribution < 1.29 is 28.7 Å². The Morgan fingerprint density at radius 1 is 0.724 bits per heavy atom. The summed E-state index contributed by atoms with van der Waals surface area (Å²) in [6.07, 6.45) is 6.27. The second-order valence-corrected chi connectivity index (χ2v) is 17.2. The SMILES string of the molecule is O=C1CCC(N2C(=O)c3cc(F)c(N4CC5CCC4CN5CC4CCN(c5ccc([C@@H]6c7ccc(O)cc7CC[C@@H]6c6ccccc6)cc5)CC4)cc3C2=O)C(=O)N1. The summed E-state index contributed by atoms with van der Waals surface area (Å²) in [4.78, 5) is 59.0. The summed E-state index contributed by atoms with van der Waals surface area (Å²) < 4.78 is 15.8. The Bertz CT molecular complexity index is 2290. The van der Waals surface area contributed by atoms with Crippen molar-refractivity contribution in [3.63, 3.8) is 0 Å². The smallest absolute Gasteiger partial charge is 0.262 e. The van der Waals surface area contributed by atoms with Gasteiger partial charge in [0.25, 0.3) is 11.8 Å². The van der Waals surface area contributed by atoms with Gasteiger partial charge in [-0.05, 0) is 115 Å². The van der Waals surface area contributed by atoms with Gasteiger partial charge in [-0.2, -0.15) is 0 Å². The number of piperidine rings is 4. The van der Waals surface area contributed by atoms with E-state index in [4.69, 9.17) is 0 Å². The molecule has 0 saturated carbocycles. The van der Waals surface area contributed by atoms with Crippen molar-refractivity contribution in [1.82, 2.24) is 15.1 Å². The molecule has 7 aliphatic rings. The monoisotopic (exact) mass is 781 g/mol. The number of piperazine rings is 1. The van der Waals surface area contributed by atoms with Crippen LogP contribution < -0.4 is 15.1 Å². The Balaban J connectivity index is 0.776. The van der Waals surface area contributed by atoms with Crippen molar-refractivity contribution in [2.75, 3.05) is 42.5 Å². The summed E-state index contributed by atoms with van der Waals surface area (Å²) >= 11 is 0. The van der Waals surface area contributed by atoms with Crippen LogP contribution in [0.15, 0.2) is 84.9 Å². The Labute approximate surface area is 337 Å². The molecule has 58 heavy (non-hydrogen) atoms. The number of nitrogens with zero attached hydrogens (tertiary/aromatic N) is 4. The van der Waals surface area contributed by atoms with Gasteiger partial charge >= 0.3 is 0 Å². The molecule has 5 atom stereocenters. The number of phenols is 1. The topological polar surface area (TPSA) is 114 Å². The van der Waals surface area contributed by atoms with Crippen molar-refractivity contribution in [3.05, 3.63) is 124 Å². The molecule has 5 saturated heterocycles. The second kappa shape index (κ2) is 14.7. The molecule has 11 rings (SSSR count). The maximum atomic E-state index is 15.8. The van der Waals surface area contributed by atoms with Crippen LogP contribution >= 0.6 is 0 Å². The molecule has 2 bridgehead atoms. The number of benzene rings is 4. The molecule has 2 N–H and O–H groups in total. The minimum absolute atomic E-state index is 0.0318. The number of anilines is 2. The highest BCUT2D eigenvalue weighted by Crippen LogP contribution is 2.47. The molecule has 298 valence electrons. The first-order chi connectivity index (χ1) is 28.2. The molecule has 0 aromatic heterocycles. The molecule has 4 aromatic carbocycles. The van der Waals surface area contributed by atoms with Gasteiger partial charge in [0.15, 0.2) is 0 Å². The van der Waals surface area contributed by atoms with Crippen LogP contribution in [-0.2, 0) is 16.0 Å². The molecule has 3 unspecified atom stereocenters.